The Morgan fingerprint density at radius 1 is 1.19 bits per heavy atom. The molecular formula is C27H34F4N2O4. The van der Waals surface area contributed by atoms with E-state index in [1.165, 1.54) is 6.08 Å². The summed E-state index contributed by atoms with van der Waals surface area (Å²) in [5.74, 6) is -3.38. The standard InChI is InChI=1S/C27H34F4N2O4/c1-19(16-20-8-5-4-6-9-20)18-33(15-13-22-10-7-14-32(22)2)24(34)21-11-12-23(36-25(28)29)27(17-21,35-3)37-26(30)31/h4-6,8-9,11-12,16,22,25-26H,7,10,13-15,17-18H2,1-3H3. The van der Waals surface area contributed by atoms with Crippen LogP contribution in [0, 0.1) is 0 Å². The Morgan fingerprint density at radius 3 is 2.51 bits per heavy atom. The predicted molar refractivity (Wildman–Crippen MR) is 132 cm³/mol. The maximum atomic E-state index is 13.7. The molecule has 2 unspecified atom stereocenters. The quantitative estimate of drug-likeness (QED) is 0.268. The van der Waals surface area contributed by atoms with E-state index < -0.39 is 37.1 Å². The van der Waals surface area contributed by atoms with E-state index in [-0.39, 0.29) is 5.57 Å². The molecule has 37 heavy (non-hydrogen) atoms. The van der Waals surface area contributed by atoms with Gasteiger partial charge in [-0.15, -0.1) is 0 Å². The third kappa shape index (κ3) is 7.90. The van der Waals surface area contributed by atoms with Crippen LogP contribution >= 0.6 is 0 Å². The minimum absolute atomic E-state index is 0.0939. The van der Waals surface area contributed by atoms with E-state index in [0.717, 1.165) is 50.1 Å². The molecule has 0 aromatic heterocycles. The zero-order chi connectivity index (χ0) is 27.0. The number of likely N-dealkylation sites (tertiary alicyclic amines) is 1. The normalized spacial score (nSPS) is 22.8. The first kappa shape index (κ1) is 28.9. The molecule has 1 heterocycles. The van der Waals surface area contributed by atoms with Crippen LogP contribution < -0.4 is 0 Å². The molecule has 204 valence electrons. The van der Waals surface area contributed by atoms with Gasteiger partial charge in [-0.25, -0.2) is 0 Å². The zero-order valence-electron chi connectivity index (χ0n) is 21.3. The van der Waals surface area contributed by atoms with Crippen molar-refractivity contribution in [3.05, 3.63) is 65.0 Å². The summed E-state index contributed by atoms with van der Waals surface area (Å²) in [5, 5.41) is 0. The highest BCUT2D eigenvalue weighted by molar-refractivity contribution is 5.94. The largest absolute Gasteiger partial charge is 0.433 e. The number of halogens is 4. The number of hydrogen-bond acceptors (Lipinski definition) is 5. The molecule has 0 N–H and O–H groups in total. The molecule has 6 nitrogen and oxygen atoms in total. The van der Waals surface area contributed by atoms with Crippen molar-refractivity contribution in [2.45, 2.75) is 57.7 Å². The number of hydrogen-bond donors (Lipinski definition) is 0. The number of carbonyl (C=O) groups excluding carboxylic acids is 1. The van der Waals surface area contributed by atoms with Crippen LogP contribution in [0.5, 0.6) is 0 Å². The topological polar surface area (TPSA) is 51.2 Å². The Balaban J connectivity index is 1.87. The molecule has 1 aliphatic carbocycles. The Kier molecular flexibility index (Phi) is 10.3. The number of rotatable bonds is 12. The lowest BCUT2D eigenvalue weighted by molar-refractivity contribution is -0.307. The Hall–Kier alpha value is -2.69. The molecule has 1 aromatic rings. The van der Waals surface area contributed by atoms with Crippen LogP contribution in [-0.2, 0) is 19.0 Å². The summed E-state index contributed by atoms with van der Waals surface area (Å²) in [4.78, 5) is 17.6. The smallest absolute Gasteiger partial charge is 0.387 e. The van der Waals surface area contributed by atoms with Crippen molar-refractivity contribution in [2.24, 2.45) is 0 Å². The fourth-order valence-electron chi connectivity index (χ4n) is 4.82. The second-order valence-corrected chi connectivity index (χ2v) is 9.31. The minimum Gasteiger partial charge on any atom is -0.433 e. The van der Waals surface area contributed by atoms with Crippen molar-refractivity contribution in [1.29, 1.82) is 0 Å². The van der Waals surface area contributed by atoms with Crippen LogP contribution in [0.3, 0.4) is 0 Å². The molecule has 0 radical (unpaired) electrons. The number of amides is 1. The summed E-state index contributed by atoms with van der Waals surface area (Å²) in [6.45, 7) is -2.97. The minimum atomic E-state index is -3.34. The summed E-state index contributed by atoms with van der Waals surface area (Å²) < 4.78 is 66.6. The van der Waals surface area contributed by atoms with Crippen molar-refractivity contribution in [3.8, 4) is 0 Å². The van der Waals surface area contributed by atoms with Crippen LogP contribution in [-0.4, -0.2) is 74.6 Å². The van der Waals surface area contributed by atoms with Gasteiger partial charge in [-0.1, -0.05) is 42.0 Å². The van der Waals surface area contributed by atoms with Crippen LogP contribution in [0.25, 0.3) is 6.08 Å². The third-order valence-corrected chi connectivity index (χ3v) is 6.68. The third-order valence-electron chi connectivity index (χ3n) is 6.68. The number of benzene rings is 1. The molecule has 2 atom stereocenters. The average Bonchev–Trinajstić information content (AvgIpc) is 3.27. The number of nitrogens with zero attached hydrogens (tertiary/aromatic N) is 2. The molecular weight excluding hydrogens is 492 g/mol. The van der Waals surface area contributed by atoms with Crippen LogP contribution in [0.4, 0.5) is 17.6 Å². The monoisotopic (exact) mass is 526 g/mol. The van der Waals surface area contributed by atoms with E-state index in [9.17, 15) is 22.4 Å². The highest BCUT2D eigenvalue weighted by atomic mass is 19.3. The van der Waals surface area contributed by atoms with Crippen LogP contribution in [0.2, 0.25) is 0 Å². The summed E-state index contributed by atoms with van der Waals surface area (Å²) in [6, 6.07) is 10.0. The number of allylic oxidation sites excluding steroid dienone is 2. The molecule has 2 aliphatic rings. The van der Waals surface area contributed by atoms with Crippen LogP contribution in [0.1, 0.15) is 38.2 Å². The van der Waals surface area contributed by atoms with E-state index in [0.29, 0.717) is 19.1 Å². The maximum absolute atomic E-state index is 13.7. The molecule has 1 saturated heterocycles. The summed E-state index contributed by atoms with van der Waals surface area (Å²) in [6.07, 6.45) is 6.67. The first-order valence-corrected chi connectivity index (χ1v) is 12.2. The molecule has 1 amide bonds. The summed E-state index contributed by atoms with van der Waals surface area (Å²) in [7, 11) is 3.09. The van der Waals surface area contributed by atoms with E-state index in [4.69, 9.17) is 4.74 Å². The van der Waals surface area contributed by atoms with Gasteiger partial charge < -0.3 is 19.3 Å². The summed E-state index contributed by atoms with van der Waals surface area (Å²) >= 11 is 0. The van der Waals surface area contributed by atoms with Gasteiger partial charge in [0.05, 0.1) is 0 Å². The molecule has 0 saturated carbocycles. The molecule has 1 aromatic carbocycles. The zero-order valence-corrected chi connectivity index (χ0v) is 21.3. The van der Waals surface area contributed by atoms with E-state index in [2.05, 4.69) is 21.4 Å². The van der Waals surface area contributed by atoms with E-state index >= 15 is 0 Å². The van der Waals surface area contributed by atoms with Crippen molar-refractivity contribution in [2.75, 3.05) is 33.8 Å². The van der Waals surface area contributed by atoms with Crippen molar-refractivity contribution in [1.82, 2.24) is 9.80 Å². The molecule has 0 spiro atoms. The van der Waals surface area contributed by atoms with E-state index in [1.54, 1.807) is 4.90 Å². The fraction of sp³-hybridized carbons (Fsp3) is 0.519. The number of methoxy groups -OCH3 is 1. The van der Waals surface area contributed by atoms with Crippen molar-refractivity contribution >= 4 is 12.0 Å². The highest BCUT2D eigenvalue weighted by Gasteiger charge is 2.45. The van der Waals surface area contributed by atoms with Gasteiger partial charge in [-0.2, -0.15) is 17.6 Å². The lowest BCUT2D eigenvalue weighted by Crippen LogP contribution is -2.45. The predicted octanol–water partition coefficient (Wildman–Crippen LogP) is 5.44. The van der Waals surface area contributed by atoms with Crippen molar-refractivity contribution in [3.63, 3.8) is 0 Å². The van der Waals surface area contributed by atoms with E-state index in [1.807, 2.05) is 43.3 Å². The molecule has 3 rings (SSSR count). The molecule has 1 fully saturated rings. The SMILES string of the molecule is COC1(OC(F)F)CC(C(=O)N(CCC2CCCN2C)CC(C)=Cc2ccccc2)=CC=C1OC(F)F. The van der Waals surface area contributed by atoms with Gasteiger partial charge in [-0.05, 0) is 57.5 Å². The summed E-state index contributed by atoms with van der Waals surface area (Å²) in [5.41, 5.74) is 2.01. The van der Waals surface area contributed by atoms with Crippen LogP contribution in [0.15, 0.2) is 59.4 Å². The first-order chi connectivity index (χ1) is 17.6. The van der Waals surface area contributed by atoms with Gasteiger partial charge in [0.2, 0.25) is 11.7 Å². The molecule has 1 aliphatic heterocycles. The second kappa shape index (κ2) is 13.2. The maximum Gasteiger partial charge on any atom is 0.387 e. The van der Waals surface area contributed by atoms with Gasteiger partial charge in [-0.3, -0.25) is 9.53 Å². The second-order valence-electron chi connectivity index (χ2n) is 9.31. The lowest BCUT2D eigenvalue weighted by Gasteiger charge is -2.37. The van der Waals surface area contributed by atoms with Gasteiger partial charge in [0.1, 0.15) is 0 Å². The van der Waals surface area contributed by atoms with Gasteiger partial charge in [0, 0.05) is 38.2 Å². The van der Waals surface area contributed by atoms with Gasteiger partial charge in [0.15, 0.2) is 5.76 Å². The van der Waals surface area contributed by atoms with Gasteiger partial charge >= 0.3 is 13.2 Å². The number of ether oxygens (including phenoxy) is 3. The fourth-order valence-corrected chi connectivity index (χ4v) is 4.82. The van der Waals surface area contributed by atoms with Crippen molar-refractivity contribution < 1.29 is 36.6 Å². The first-order valence-electron chi connectivity index (χ1n) is 12.2. The Bertz CT molecular complexity index is 999. The average molecular weight is 527 g/mol. The van der Waals surface area contributed by atoms with Gasteiger partial charge in [0.25, 0.3) is 0 Å². The number of carbonyl (C=O) groups is 1. The Labute approximate surface area is 215 Å². The molecule has 0 bridgehead atoms. The lowest BCUT2D eigenvalue weighted by atomic mass is 9.95. The highest BCUT2D eigenvalue weighted by Crippen LogP contribution is 2.38. The Morgan fingerprint density at radius 2 is 1.92 bits per heavy atom. The number of alkyl halides is 4. The molecule has 10 heteroatoms.